The highest BCUT2D eigenvalue weighted by Gasteiger charge is 2.18. The Morgan fingerprint density at radius 1 is 0.947 bits per heavy atom. The lowest BCUT2D eigenvalue weighted by molar-refractivity contribution is -0.136. The number of carboxylic acid groups (broad SMARTS) is 1. The van der Waals surface area contributed by atoms with Gasteiger partial charge in [0.05, 0.1) is 13.0 Å². The van der Waals surface area contributed by atoms with Crippen LogP contribution < -0.4 is 15.5 Å². The van der Waals surface area contributed by atoms with E-state index < -0.39 is 5.97 Å². The van der Waals surface area contributed by atoms with Crippen molar-refractivity contribution in [2.45, 2.75) is 45.6 Å². The first-order valence-electron chi connectivity index (χ1n) is 12.9. The van der Waals surface area contributed by atoms with E-state index in [-0.39, 0.29) is 24.9 Å². The highest BCUT2D eigenvalue weighted by Crippen LogP contribution is 2.29. The topological polar surface area (TPSA) is 98.7 Å². The number of carbonyl (C=O) groups excluding carboxylic acids is 2. The summed E-state index contributed by atoms with van der Waals surface area (Å²) in [5.41, 5.74) is 6.37. The maximum absolute atomic E-state index is 13.5. The number of amides is 3. The third-order valence-electron chi connectivity index (χ3n) is 6.54. The molecule has 0 heterocycles. The smallest absolute Gasteiger partial charge is 0.326 e. The van der Waals surface area contributed by atoms with Crippen molar-refractivity contribution in [1.82, 2.24) is 5.32 Å². The van der Waals surface area contributed by atoms with E-state index in [1.165, 1.54) is 24.0 Å². The molecule has 0 spiro atoms. The molecule has 0 fully saturated rings. The number of nitrogens with one attached hydrogen (secondary N) is 2. The highest BCUT2D eigenvalue weighted by molar-refractivity contribution is 6.02. The van der Waals surface area contributed by atoms with Gasteiger partial charge in [-0.2, -0.15) is 0 Å². The largest absolute Gasteiger partial charge is 0.481 e. The summed E-state index contributed by atoms with van der Waals surface area (Å²) >= 11 is 0. The van der Waals surface area contributed by atoms with Crippen LogP contribution in [0.4, 0.5) is 16.2 Å². The summed E-state index contributed by atoms with van der Waals surface area (Å²) < 4.78 is 0. The van der Waals surface area contributed by atoms with Gasteiger partial charge < -0.3 is 15.7 Å². The van der Waals surface area contributed by atoms with Crippen molar-refractivity contribution in [2.24, 2.45) is 0 Å². The lowest BCUT2D eigenvalue weighted by atomic mass is 9.93. The van der Waals surface area contributed by atoms with Gasteiger partial charge in [0.2, 0.25) is 0 Å². The van der Waals surface area contributed by atoms with Crippen LogP contribution in [0.15, 0.2) is 78.9 Å². The van der Waals surface area contributed by atoms with E-state index in [1.54, 1.807) is 29.2 Å². The average Bonchev–Trinajstić information content (AvgIpc) is 2.92. The van der Waals surface area contributed by atoms with Crippen LogP contribution in [0.3, 0.4) is 0 Å². The predicted octanol–water partition coefficient (Wildman–Crippen LogP) is 6.40. The van der Waals surface area contributed by atoms with Gasteiger partial charge in [-0.15, -0.1) is 0 Å². The Morgan fingerprint density at radius 3 is 2.37 bits per heavy atom. The maximum atomic E-state index is 13.5. The van der Waals surface area contributed by atoms with Crippen LogP contribution in [0.25, 0.3) is 5.57 Å². The van der Waals surface area contributed by atoms with Crippen LogP contribution in [0, 0.1) is 6.92 Å². The van der Waals surface area contributed by atoms with Crippen molar-refractivity contribution in [3.63, 3.8) is 0 Å². The number of urea groups is 1. The quantitative estimate of drug-likeness (QED) is 0.310. The van der Waals surface area contributed by atoms with Crippen LogP contribution in [0.1, 0.15) is 59.2 Å². The minimum atomic E-state index is -0.965. The van der Waals surface area contributed by atoms with Crippen LogP contribution in [0.5, 0.6) is 0 Å². The third kappa shape index (κ3) is 7.32. The molecule has 7 nitrogen and oxygen atoms in total. The Labute approximate surface area is 223 Å². The Bertz CT molecular complexity index is 1310. The molecule has 7 heteroatoms. The number of hydrogen-bond acceptors (Lipinski definition) is 3. The van der Waals surface area contributed by atoms with Gasteiger partial charge in [0.15, 0.2) is 0 Å². The number of rotatable bonds is 9. The molecular formula is C31H33N3O4. The number of aryl methyl sites for hydroxylation is 1. The number of nitrogens with zero attached hydrogens (tertiary/aromatic N) is 1. The third-order valence-corrected chi connectivity index (χ3v) is 6.54. The van der Waals surface area contributed by atoms with E-state index in [0.717, 1.165) is 35.3 Å². The Hall–Kier alpha value is -4.39. The molecule has 0 unspecified atom stereocenters. The zero-order chi connectivity index (χ0) is 26.9. The summed E-state index contributed by atoms with van der Waals surface area (Å²) in [5, 5.41) is 14.4. The van der Waals surface area contributed by atoms with E-state index >= 15 is 0 Å². The summed E-state index contributed by atoms with van der Waals surface area (Å²) in [6, 6.07) is 22.5. The molecular weight excluding hydrogens is 478 g/mol. The molecule has 38 heavy (non-hydrogen) atoms. The molecule has 0 bridgehead atoms. The summed E-state index contributed by atoms with van der Waals surface area (Å²) in [5.74, 6) is -1.30. The molecule has 3 aromatic carbocycles. The summed E-state index contributed by atoms with van der Waals surface area (Å²) in [7, 11) is 0. The number of aliphatic carboxylic acids is 1. The molecule has 0 atom stereocenters. The molecule has 0 saturated heterocycles. The minimum absolute atomic E-state index is 0.0652. The molecule has 0 aliphatic heterocycles. The molecule has 3 aromatic rings. The van der Waals surface area contributed by atoms with Crippen LogP contribution >= 0.6 is 0 Å². The number of allylic oxidation sites excluding steroid dienone is 2. The van der Waals surface area contributed by atoms with E-state index in [0.29, 0.717) is 12.1 Å². The van der Waals surface area contributed by atoms with Crippen LogP contribution in [-0.4, -0.2) is 29.6 Å². The van der Waals surface area contributed by atoms with Crippen LogP contribution in [0.2, 0.25) is 0 Å². The SMILES string of the molecule is Cc1cccc(NC(=O)N(Cc2ccc(C(=O)NCCC(=O)O)cc2)c2ccc(C3=CCCCC3)cc2)c1. The van der Waals surface area contributed by atoms with Gasteiger partial charge in [0, 0.05) is 23.5 Å². The Morgan fingerprint density at radius 2 is 1.71 bits per heavy atom. The first kappa shape index (κ1) is 26.7. The fourth-order valence-corrected chi connectivity index (χ4v) is 4.48. The number of carboxylic acids is 1. The van der Waals surface area contributed by atoms with Crippen molar-refractivity contribution in [2.75, 3.05) is 16.8 Å². The second-order valence-corrected chi connectivity index (χ2v) is 9.50. The molecule has 196 valence electrons. The van der Waals surface area contributed by atoms with E-state index in [4.69, 9.17) is 5.11 Å². The van der Waals surface area contributed by atoms with Gasteiger partial charge in [-0.3, -0.25) is 14.5 Å². The number of anilines is 2. The molecule has 3 N–H and O–H groups in total. The van der Waals surface area contributed by atoms with Crippen molar-refractivity contribution >= 4 is 34.9 Å². The normalized spacial score (nSPS) is 12.8. The zero-order valence-electron chi connectivity index (χ0n) is 21.6. The minimum Gasteiger partial charge on any atom is -0.481 e. The average molecular weight is 512 g/mol. The molecule has 4 rings (SSSR count). The van der Waals surface area contributed by atoms with Crippen molar-refractivity contribution in [3.8, 4) is 0 Å². The van der Waals surface area contributed by atoms with E-state index in [1.807, 2.05) is 43.3 Å². The second kappa shape index (κ2) is 12.7. The standard InChI is InChI=1S/C31H33N3O4/c1-22-6-5-9-27(20-22)33-31(38)34(28-16-14-25(15-17-28)24-7-3-2-4-8-24)21-23-10-12-26(13-11-23)30(37)32-19-18-29(35)36/h5-7,9-17,20H,2-4,8,18-19,21H2,1H3,(H,32,37)(H,33,38)(H,35,36). The second-order valence-electron chi connectivity index (χ2n) is 9.50. The van der Waals surface area contributed by atoms with Gasteiger partial charge in [0.25, 0.3) is 5.91 Å². The monoisotopic (exact) mass is 511 g/mol. The van der Waals surface area contributed by atoms with Gasteiger partial charge in [-0.1, -0.05) is 42.5 Å². The molecule has 1 aliphatic rings. The molecule has 0 saturated carbocycles. The molecule has 1 aliphatic carbocycles. The molecule has 0 radical (unpaired) electrons. The number of carbonyl (C=O) groups is 3. The van der Waals surface area contributed by atoms with Crippen LogP contribution in [-0.2, 0) is 11.3 Å². The van der Waals surface area contributed by atoms with Gasteiger partial charge in [-0.05, 0) is 91.3 Å². The Balaban J connectivity index is 1.52. The first-order valence-corrected chi connectivity index (χ1v) is 12.9. The maximum Gasteiger partial charge on any atom is 0.326 e. The zero-order valence-corrected chi connectivity index (χ0v) is 21.6. The summed E-state index contributed by atoms with van der Waals surface area (Å²) in [6.45, 7) is 2.35. The highest BCUT2D eigenvalue weighted by atomic mass is 16.4. The number of benzene rings is 3. The van der Waals surface area contributed by atoms with Crippen molar-refractivity contribution in [1.29, 1.82) is 0 Å². The fraction of sp³-hybridized carbons (Fsp3) is 0.258. The van der Waals surface area contributed by atoms with Crippen molar-refractivity contribution in [3.05, 3.63) is 101 Å². The lowest BCUT2D eigenvalue weighted by Gasteiger charge is -2.24. The van der Waals surface area contributed by atoms with E-state index in [9.17, 15) is 14.4 Å². The predicted molar refractivity (Wildman–Crippen MR) is 150 cm³/mol. The summed E-state index contributed by atoms with van der Waals surface area (Å²) in [4.78, 5) is 38.1. The molecule has 3 amide bonds. The Kier molecular flexibility index (Phi) is 8.93. The van der Waals surface area contributed by atoms with Crippen molar-refractivity contribution < 1.29 is 19.5 Å². The number of hydrogen-bond donors (Lipinski definition) is 3. The lowest BCUT2D eigenvalue weighted by Crippen LogP contribution is -2.34. The molecule has 0 aromatic heterocycles. The van der Waals surface area contributed by atoms with Gasteiger partial charge >= 0.3 is 12.0 Å². The van der Waals surface area contributed by atoms with Gasteiger partial charge in [0.1, 0.15) is 0 Å². The van der Waals surface area contributed by atoms with E-state index in [2.05, 4.69) is 28.8 Å². The van der Waals surface area contributed by atoms with Gasteiger partial charge in [-0.25, -0.2) is 4.79 Å². The fourth-order valence-electron chi connectivity index (χ4n) is 4.48. The summed E-state index contributed by atoms with van der Waals surface area (Å²) in [6.07, 6.45) is 6.79. The first-order chi connectivity index (χ1) is 18.4.